The third-order valence-corrected chi connectivity index (χ3v) is 4.41. The summed E-state index contributed by atoms with van der Waals surface area (Å²) in [4.78, 5) is 20.9. The molecule has 1 N–H and O–H groups in total. The predicted octanol–water partition coefficient (Wildman–Crippen LogP) is 1.92. The van der Waals surface area contributed by atoms with Crippen LogP contribution in [0, 0.1) is 5.82 Å². The Labute approximate surface area is 152 Å². The number of hydrogen-bond donors (Lipinski definition) is 1. The van der Waals surface area contributed by atoms with Crippen LogP contribution < -0.4 is 5.32 Å². The molecule has 1 amide bonds. The van der Waals surface area contributed by atoms with Crippen molar-refractivity contribution in [1.29, 1.82) is 0 Å². The van der Waals surface area contributed by atoms with Crippen LogP contribution in [0.5, 0.6) is 0 Å². The number of carbonyl (C=O) groups excluding carboxylic acids is 1. The summed E-state index contributed by atoms with van der Waals surface area (Å²) in [5.41, 5.74) is 0.492. The highest BCUT2D eigenvalue weighted by Crippen LogP contribution is 2.10. The quantitative estimate of drug-likeness (QED) is 0.812. The molecule has 1 aromatic carbocycles. The van der Waals surface area contributed by atoms with Gasteiger partial charge in [-0.05, 0) is 18.2 Å². The molecule has 3 rings (SSSR count). The van der Waals surface area contributed by atoms with Gasteiger partial charge in [-0.15, -0.1) is 0 Å². The molecule has 1 saturated heterocycles. The zero-order valence-corrected chi connectivity index (χ0v) is 14.9. The number of anilines is 1. The average Bonchev–Trinajstić information content (AvgIpc) is 3.09. The standard InChI is InChI=1S/C18H24FN5O2/c1-2-18-21-16(22-26-18)13-24-10-8-23(9-11-24)7-6-17(25)20-15-5-3-4-14(19)12-15/h3-5,12H,2,6-11,13H2,1H3,(H,20,25). The van der Waals surface area contributed by atoms with Gasteiger partial charge in [-0.2, -0.15) is 4.98 Å². The molecule has 2 heterocycles. The number of halogens is 1. The van der Waals surface area contributed by atoms with Crippen LogP contribution >= 0.6 is 0 Å². The van der Waals surface area contributed by atoms with Gasteiger partial charge < -0.3 is 14.7 Å². The van der Waals surface area contributed by atoms with Crippen molar-refractivity contribution in [3.63, 3.8) is 0 Å². The molecular weight excluding hydrogens is 337 g/mol. The van der Waals surface area contributed by atoms with E-state index in [0.717, 1.165) is 38.4 Å². The van der Waals surface area contributed by atoms with Gasteiger partial charge in [0.05, 0.1) is 6.54 Å². The second-order valence-corrected chi connectivity index (χ2v) is 6.38. The Hall–Kier alpha value is -2.32. The zero-order chi connectivity index (χ0) is 18.4. The first-order chi connectivity index (χ1) is 12.6. The van der Waals surface area contributed by atoms with Crippen molar-refractivity contribution in [1.82, 2.24) is 19.9 Å². The van der Waals surface area contributed by atoms with Crippen LogP contribution in [0.4, 0.5) is 10.1 Å². The van der Waals surface area contributed by atoms with E-state index in [9.17, 15) is 9.18 Å². The van der Waals surface area contributed by atoms with Gasteiger partial charge in [0.1, 0.15) is 5.82 Å². The number of hydrogen-bond acceptors (Lipinski definition) is 6. The summed E-state index contributed by atoms with van der Waals surface area (Å²) in [6.07, 6.45) is 1.14. The van der Waals surface area contributed by atoms with Crippen molar-refractivity contribution in [2.45, 2.75) is 26.3 Å². The SMILES string of the molecule is CCc1nc(CN2CCN(CCC(=O)Nc3cccc(F)c3)CC2)no1. The van der Waals surface area contributed by atoms with Gasteiger partial charge in [0, 0.05) is 51.3 Å². The molecule has 0 bridgehead atoms. The Kier molecular flexibility index (Phi) is 6.30. The maximum atomic E-state index is 13.1. The van der Waals surface area contributed by atoms with Crippen molar-refractivity contribution in [2.24, 2.45) is 0 Å². The van der Waals surface area contributed by atoms with Gasteiger partial charge >= 0.3 is 0 Å². The van der Waals surface area contributed by atoms with Crippen molar-refractivity contribution >= 4 is 11.6 Å². The summed E-state index contributed by atoms with van der Waals surface area (Å²) in [7, 11) is 0. The van der Waals surface area contributed by atoms with Crippen molar-refractivity contribution < 1.29 is 13.7 Å². The summed E-state index contributed by atoms with van der Waals surface area (Å²) in [5, 5.41) is 6.71. The van der Waals surface area contributed by atoms with Gasteiger partial charge in [0.15, 0.2) is 5.82 Å². The van der Waals surface area contributed by atoms with E-state index in [2.05, 4.69) is 25.3 Å². The molecule has 1 aromatic heterocycles. The van der Waals surface area contributed by atoms with Crippen LogP contribution in [0.3, 0.4) is 0 Å². The first-order valence-corrected chi connectivity index (χ1v) is 8.94. The van der Waals surface area contributed by atoms with Crippen LogP contribution in [-0.4, -0.2) is 58.6 Å². The van der Waals surface area contributed by atoms with E-state index in [4.69, 9.17) is 4.52 Å². The topological polar surface area (TPSA) is 74.5 Å². The lowest BCUT2D eigenvalue weighted by atomic mass is 10.2. The fraction of sp³-hybridized carbons (Fsp3) is 0.500. The summed E-state index contributed by atoms with van der Waals surface area (Å²) in [6.45, 7) is 6.97. The number of carbonyl (C=O) groups is 1. The average molecular weight is 361 g/mol. The number of benzene rings is 1. The molecule has 0 aliphatic carbocycles. The minimum Gasteiger partial charge on any atom is -0.339 e. The second kappa shape index (κ2) is 8.86. The summed E-state index contributed by atoms with van der Waals surface area (Å²) in [6, 6.07) is 5.93. The molecule has 2 aromatic rings. The number of amides is 1. The Balaban J connectivity index is 1.36. The Morgan fingerprint density at radius 3 is 2.73 bits per heavy atom. The van der Waals surface area contributed by atoms with Crippen molar-refractivity contribution in [2.75, 3.05) is 38.0 Å². The van der Waals surface area contributed by atoms with E-state index in [1.165, 1.54) is 12.1 Å². The molecular formula is C18H24FN5O2. The molecule has 7 nitrogen and oxygen atoms in total. The lowest BCUT2D eigenvalue weighted by Crippen LogP contribution is -2.46. The minimum atomic E-state index is -0.355. The monoisotopic (exact) mass is 361 g/mol. The van der Waals surface area contributed by atoms with E-state index >= 15 is 0 Å². The number of aromatic nitrogens is 2. The molecule has 1 aliphatic heterocycles. The van der Waals surface area contributed by atoms with Crippen LogP contribution in [-0.2, 0) is 17.8 Å². The molecule has 1 aliphatic rings. The highest BCUT2D eigenvalue weighted by Gasteiger charge is 2.19. The second-order valence-electron chi connectivity index (χ2n) is 6.38. The number of rotatable bonds is 7. The number of aryl methyl sites for hydroxylation is 1. The van der Waals surface area contributed by atoms with E-state index in [-0.39, 0.29) is 11.7 Å². The van der Waals surface area contributed by atoms with Crippen LogP contribution in [0.15, 0.2) is 28.8 Å². The molecule has 0 radical (unpaired) electrons. The Morgan fingerprint density at radius 1 is 1.27 bits per heavy atom. The van der Waals surface area contributed by atoms with Gasteiger partial charge in [0.25, 0.3) is 0 Å². The highest BCUT2D eigenvalue weighted by atomic mass is 19.1. The van der Waals surface area contributed by atoms with E-state index in [1.54, 1.807) is 12.1 Å². The molecule has 0 saturated carbocycles. The fourth-order valence-electron chi connectivity index (χ4n) is 2.92. The minimum absolute atomic E-state index is 0.100. The third-order valence-electron chi connectivity index (χ3n) is 4.41. The molecule has 140 valence electrons. The Morgan fingerprint density at radius 2 is 2.04 bits per heavy atom. The van der Waals surface area contributed by atoms with Gasteiger partial charge in [-0.3, -0.25) is 9.69 Å². The first kappa shape index (κ1) is 18.5. The fourth-order valence-corrected chi connectivity index (χ4v) is 2.92. The van der Waals surface area contributed by atoms with E-state index in [1.807, 2.05) is 6.92 Å². The van der Waals surface area contributed by atoms with E-state index in [0.29, 0.717) is 31.1 Å². The van der Waals surface area contributed by atoms with Gasteiger partial charge in [-0.1, -0.05) is 18.1 Å². The highest BCUT2D eigenvalue weighted by molar-refractivity contribution is 5.90. The molecule has 0 unspecified atom stereocenters. The number of piperazine rings is 1. The lowest BCUT2D eigenvalue weighted by Gasteiger charge is -2.33. The number of nitrogens with zero attached hydrogens (tertiary/aromatic N) is 4. The third kappa shape index (κ3) is 5.34. The molecule has 1 fully saturated rings. The molecule has 8 heteroatoms. The van der Waals surface area contributed by atoms with Crippen molar-refractivity contribution in [3.8, 4) is 0 Å². The lowest BCUT2D eigenvalue weighted by molar-refractivity contribution is -0.116. The summed E-state index contributed by atoms with van der Waals surface area (Å²) in [5.74, 6) is 0.941. The maximum absolute atomic E-state index is 13.1. The summed E-state index contributed by atoms with van der Waals surface area (Å²) >= 11 is 0. The molecule has 26 heavy (non-hydrogen) atoms. The molecule has 0 spiro atoms. The van der Waals surface area contributed by atoms with Crippen LogP contribution in [0.1, 0.15) is 25.1 Å². The van der Waals surface area contributed by atoms with E-state index < -0.39 is 0 Å². The molecule has 0 atom stereocenters. The number of nitrogens with one attached hydrogen (secondary N) is 1. The smallest absolute Gasteiger partial charge is 0.226 e. The largest absolute Gasteiger partial charge is 0.339 e. The zero-order valence-electron chi connectivity index (χ0n) is 14.9. The van der Waals surface area contributed by atoms with Crippen molar-refractivity contribution in [3.05, 3.63) is 41.8 Å². The first-order valence-electron chi connectivity index (χ1n) is 8.94. The van der Waals surface area contributed by atoms with Gasteiger partial charge in [-0.25, -0.2) is 4.39 Å². The predicted molar refractivity (Wildman–Crippen MR) is 95.0 cm³/mol. The van der Waals surface area contributed by atoms with Gasteiger partial charge in [0.2, 0.25) is 11.8 Å². The Bertz CT molecular complexity index is 728. The summed E-state index contributed by atoms with van der Waals surface area (Å²) < 4.78 is 18.3. The van der Waals surface area contributed by atoms with Crippen LogP contribution in [0.25, 0.3) is 0 Å². The normalized spacial score (nSPS) is 15.9. The maximum Gasteiger partial charge on any atom is 0.226 e. The van der Waals surface area contributed by atoms with Crippen LogP contribution in [0.2, 0.25) is 0 Å².